The first-order valence-electron chi connectivity index (χ1n) is 12.6. The monoisotopic (exact) mass is 574 g/mol. The fraction of sp³-hybridized carbons (Fsp3) is 0.917. The van der Waals surface area contributed by atoms with E-state index in [1.807, 2.05) is 0 Å². The summed E-state index contributed by atoms with van der Waals surface area (Å²) in [5.41, 5.74) is 0. The predicted octanol–water partition coefficient (Wildman–Crippen LogP) is 3.41. The van der Waals surface area contributed by atoms with Crippen LogP contribution >= 0.6 is 0 Å². The van der Waals surface area contributed by atoms with Crippen molar-refractivity contribution in [3.8, 4) is 0 Å². The normalized spacial score (nSPS) is 11.1. The fourth-order valence-corrected chi connectivity index (χ4v) is 4.26. The van der Waals surface area contributed by atoms with Crippen molar-refractivity contribution < 1.29 is 32.0 Å². The third-order valence-corrected chi connectivity index (χ3v) is 6.60. The third kappa shape index (κ3) is 31.4. The Morgan fingerprint density at radius 3 is 1.33 bits per heavy atom. The molecule has 0 aromatic heterocycles. The number of hydrogen-bond donors (Lipinski definition) is 1. The molecule has 198 valence electrons. The maximum absolute atomic E-state index is 11.9. The summed E-state index contributed by atoms with van der Waals surface area (Å²) >= 11 is 0. The van der Waals surface area contributed by atoms with Crippen LogP contribution in [-0.2, 0) is 29.2 Å². The van der Waals surface area contributed by atoms with Gasteiger partial charge in [0.25, 0.3) is 10.1 Å². The van der Waals surface area contributed by atoms with E-state index in [1.165, 1.54) is 77.0 Å². The molecule has 0 bridgehead atoms. The Hall–Kier alpha value is 2.85. The van der Waals surface area contributed by atoms with Crippen molar-refractivity contribution in [2.75, 3.05) is 13.2 Å². The number of unbranched alkanes of at least 4 members (excludes halogenated alkanes) is 15. The molecule has 0 aliphatic carbocycles. The Morgan fingerprint density at radius 1 is 0.639 bits per heavy atom. The number of carbonyl (C=O) groups is 2. The van der Waals surface area contributed by atoms with Crippen LogP contribution in [0.15, 0.2) is 0 Å². The summed E-state index contributed by atoms with van der Waals surface area (Å²) in [7, 11) is -4.73. The van der Waals surface area contributed by atoms with Gasteiger partial charge in [-0.3, -0.25) is 14.1 Å². The van der Waals surface area contributed by atoms with Crippen LogP contribution in [0, 0.1) is 0 Å². The van der Waals surface area contributed by atoms with Crippen LogP contribution in [0.5, 0.6) is 0 Å². The zero-order valence-corrected chi connectivity index (χ0v) is 21.1. The molecule has 0 saturated carbocycles. The molecule has 1 atom stereocenters. The van der Waals surface area contributed by atoms with Gasteiger partial charge < -0.3 is 9.47 Å². The quantitative estimate of drug-likeness (QED) is 0.0914. The van der Waals surface area contributed by atoms with Gasteiger partial charge in [0, 0.05) is 0 Å². The van der Waals surface area contributed by atoms with Gasteiger partial charge in [-0.05, 0) is 13.3 Å². The Balaban J connectivity index is -0.000000801. The van der Waals surface area contributed by atoms with E-state index in [1.54, 1.807) is 6.92 Å². The Morgan fingerprint density at radius 2 is 1.00 bits per heavy atom. The van der Waals surface area contributed by atoms with Crippen molar-refractivity contribution in [2.45, 2.75) is 128 Å². The Bertz CT molecular complexity index is 593. The van der Waals surface area contributed by atoms with Gasteiger partial charge in [0.1, 0.15) is 0 Å². The van der Waals surface area contributed by atoms with E-state index in [0.717, 1.165) is 19.3 Å². The van der Waals surface area contributed by atoms with E-state index in [9.17, 15) is 22.6 Å². The van der Waals surface area contributed by atoms with Crippen molar-refractivity contribution in [2.24, 2.45) is 0 Å². The van der Waals surface area contributed by atoms with Crippen LogP contribution in [0.25, 0.3) is 0 Å². The molecule has 0 spiro atoms. The number of ether oxygens (including phenoxy) is 2. The average molecular weight is 575 g/mol. The van der Waals surface area contributed by atoms with Gasteiger partial charge in [-0.25, -0.2) is 0 Å². The average Bonchev–Trinajstić information content (AvgIpc) is 2.73. The molecule has 12 heteroatoms. The molecule has 0 radical (unpaired) electrons. The zero-order chi connectivity index (χ0) is 24.1. The minimum absolute atomic E-state index is 0. The van der Waals surface area contributed by atoms with Gasteiger partial charge in [0.05, 0.1) is 19.6 Å². The first-order valence-corrected chi connectivity index (χ1v) is 14.1. The second kappa shape index (κ2) is 34.1. The van der Waals surface area contributed by atoms with Crippen molar-refractivity contribution >= 4 is 140 Å². The van der Waals surface area contributed by atoms with E-state index in [4.69, 9.17) is 4.74 Å². The molecule has 7 nitrogen and oxygen atoms in total. The van der Waals surface area contributed by atoms with Gasteiger partial charge in [0.15, 0.2) is 5.25 Å². The molecule has 0 fully saturated rings. The molecule has 0 saturated heterocycles. The van der Waals surface area contributed by atoms with Crippen molar-refractivity contribution in [3.63, 3.8) is 0 Å². The molecule has 0 rings (SSSR count). The second-order valence-electron chi connectivity index (χ2n) is 8.48. The van der Waals surface area contributed by atoms with Crippen LogP contribution in [-0.4, -0.2) is 162 Å². The molecule has 0 aliphatic rings. The summed E-state index contributed by atoms with van der Waals surface area (Å²) in [5.74, 6) is -1.98. The van der Waals surface area contributed by atoms with Crippen LogP contribution in [0.3, 0.4) is 0 Å². The van der Waals surface area contributed by atoms with Gasteiger partial charge in [-0.15, -0.1) is 0 Å². The minimum atomic E-state index is -4.73. The summed E-state index contributed by atoms with van der Waals surface area (Å²) in [6, 6.07) is 0. The van der Waals surface area contributed by atoms with E-state index < -0.39 is 33.7 Å². The van der Waals surface area contributed by atoms with Gasteiger partial charge >= 0.3 is 130 Å². The van der Waals surface area contributed by atoms with Crippen LogP contribution in [0.1, 0.15) is 123 Å². The SMILES string of the molecule is CCCCCCCCCCCCCCCCCCOC(=O)C(CC(=O)OCC)S(=O)(=O)O.[NaH].[NaH].[NaH].[NaH]. The van der Waals surface area contributed by atoms with E-state index in [0.29, 0.717) is 6.42 Å². The summed E-state index contributed by atoms with van der Waals surface area (Å²) in [6.07, 6.45) is 19.0. The van der Waals surface area contributed by atoms with Gasteiger partial charge in [0.2, 0.25) is 0 Å². The fourth-order valence-electron chi connectivity index (χ4n) is 3.60. The van der Waals surface area contributed by atoms with E-state index in [-0.39, 0.29) is 131 Å². The number of rotatable bonds is 22. The molecular weight excluding hydrogens is 524 g/mol. The summed E-state index contributed by atoms with van der Waals surface area (Å²) in [4.78, 5) is 23.4. The van der Waals surface area contributed by atoms with E-state index in [2.05, 4.69) is 11.7 Å². The van der Waals surface area contributed by atoms with Crippen molar-refractivity contribution in [3.05, 3.63) is 0 Å². The van der Waals surface area contributed by atoms with Gasteiger partial charge in [-0.2, -0.15) is 8.42 Å². The number of esters is 2. The summed E-state index contributed by atoms with van der Waals surface area (Å²) in [5, 5.41) is -1.93. The van der Waals surface area contributed by atoms with Gasteiger partial charge in [-0.1, -0.05) is 103 Å². The van der Waals surface area contributed by atoms with E-state index >= 15 is 0 Å². The molecule has 0 heterocycles. The number of carbonyl (C=O) groups excluding carboxylic acids is 2. The van der Waals surface area contributed by atoms with Crippen LogP contribution in [0.4, 0.5) is 0 Å². The topological polar surface area (TPSA) is 107 Å². The zero-order valence-electron chi connectivity index (χ0n) is 20.3. The molecule has 0 aliphatic heterocycles. The molecule has 1 unspecified atom stereocenters. The third-order valence-electron chi connectivity index (χ3n) is 5.52. The molecule has 0 aromatic rings. The standard InChI is InChI=1S/C24H46O7S.4Na.4H/c1-3-5-6-7-8-9-10-11-12-13-14-15-16-17-18-19-20-31-24(26)22(32(27,28)29)21-23(25)30-4-2;;;;;;;;/h22H,3-21H2,1-2H3,(H,27,28,29);;;;;;;;. The molecular formula is C24H50Na4O7S. The maximum atomic E-state index is 11.9. The summed E-state index contributed by atoms with van der Waals surface area (Å²) < 4.78 is 41.4. The first kappa shape index (κ1) is 48.6. The molecule has 0 amide bonds. The van der Waals surface area contributed by atoms with Crippen LogP contribution in [0.2, 0.25) is 0 Å². The Kier molecular flexibility index (Phi) is 45.9. The summed E-state index contributed by atoms with van der Waals surface area (Å²) in [6.45, 7) is 3.95. The van der Waals surface area contributed by atoms with Crippen molar-refractivity contribution in [1.29, 1.82) is 0 Å². The molecule has 36 heavy (non-hydrogen) atoms. The first-order chi connectivity index (χ1) is 15.3. The van der Waals surface area contributed by atoms with Crippen LogP contribution < -0.4 is 0 Å². The van der Waals surface area contributed by atoms with Crippen molar-refractivity contribution in [1.82, 2.24) is 0 Å². The second-order valence-corrected chi connectivity index (χ2v) is 10.1. The Labute approximate surface area is 309 Å². The predicted molar refractivity (Wildman–Crippen MR) is 156 cm³/mol. The molecule has 0 aromatic carbocycles. The number of hydrogen-bond acceptors (Lipinski definition) is 6. The molecule has 1 N–H and O–H groups in total.